The van der Waals surface area contributed by atoms with Crippen molar-refractivity contribution in [2.45, 2.75) is 68.3 Å². The van der Waals surface area contributed by atoms with Crippen LogP contribution in [0.1, 0.15) is 72.3 Å². The van der Waals surface area contributed by atoms with Gasteiger partial charge in [-0.05, 0) is 55.6 Å². The summed E-state index contributed by atoms with van der Waals surface area (Å²) in [6.07, 6.45) is 12.4. The second-order valence-electron chi connectivity index (χ2n) is 10.3. The lowest BCUT2D eigenvalue weighted by molar-refractivity contribution is -0.121. The molecule has 0 spiro atoms. The number of aliphatic imine (C=N–C) groups is 1. The zero-order valence-electron chi connectivity index (χ0n) is 23.2. The highest BCUT2D eigenvalue weighted by Gasteiger charge is 2.32. The molecule has 11 nitrogen and oxygen atoms in total. The summed E-state index contributed by atoms with van der Waals surface area (Å²) >= 11 is 1.09. The van der Waals surface area contributed by atoms with Crippen LogP contribution in [0.3, 0.4) is 0 Å². The lowest BCUT2D eigenvalue weighted by Gasteiger charge is -2.31. The molecule has 2 aromatic heterocycles. The Kier molecular flexibility index (Phi) is 10.6. The highest BCUT2D eigenvalue weighted by molar-refractivity contribution is 7.91. The number of thiophene rings is 1. The van der Waals surface area contributed by atoms with Crippen molar-refractivity contribution in [3.63, 3.8) is 0 Å². The van der Waals surface area contributed by atoms with Gasteiger partial charge in [0, 0.05) is 36.4 Å². The number of piperidine rings is 1. The molecule has 2 aromatic rings. The molecule has 2 unspecified atom stereocenters. The summed E-state index contributed by atoms with van der Waals surface area (Å²) in [6, 6.07) is 4.28. The number of carbonyl (C=O) groups excluding carboxylic acids is 2. The van der Waals surface area contributed by atoms with Crippen molar-refractivity contribution in [1.82, 2.24) is 19.9 Å². The second-order valence-corrected chi connectivity index (χ2v) is 13.6. The minimum atomic E-state index is -3.64. The molecule has 2 amide bonds. The van der Waals surface area contributed by atoms with E-state index in [1.54, 1.807) is 24.3 Å². The fraction of sp³-hybridized carbons (Fsp3) is 0.500. The molecule has 222 valence electrons. The number of carbonyl (C=O) groups is 2. The molecule has 0 aliphatic carbocycles. The van der Waals surface area contributed by atoms with Gasteiger partial charge in [0.2, 0.25) is 5.91 Å². The molecule has 4 rings (SSSR count). The van der Waals surface area contributed by atoms with Gasteiger partial charge in [0.25, 0.3) is 21.5 Å². The molecule has 0 radical (unpaired) electrons. The lowest BCUT2D eigenvalue weighted by atomic mass is 9.89. The van der Waals surface area contributed by atoms with Crippen molar-refractivity contribution in [3.8, 4) is 0 Å². The minimum Gasteiger partial charge on any atom is -0.369 e. The first-order valence-corrected chi connectivity index (χ1v) is 16.3. The number of dihydropyridines is 1. The lowest BCUT2D eigenvalue weighted by Crippen LogP contribution is -2.44. The minimum absolute atomic E-state index is 0.0317. The number of primary amides is 1. The molecular formula is C28H38N6O5S2. The van der Waals surface area contributed by atoms with Crippen LogP contribution in [-0.2, 0) is 21.4 Å². The zero-order valence-corrected chi connectivity index (χ0v) is 24.8. The largest absolute Gasteiger partial charge is 0.369 e. The number of rotatable bonds is 13. The predicted molar refractivity (Wildman–Crippen MR) is 160 cm³/mol. The molecule has 0 saturated carbocycles. The monoisotopic (exact) mass is 602 g/mol. The third kappa shape index (κ3) is 7.59. The van der Waals surface area contributed by atoms with E-state index in [0.717, 1.165) is 37.1 Å². The summed E-state index contributed by atoms with van der Waals surface area (Å²) in [5.41, 5.74) is 5.01. The van der Waals surface area contributed by atoms with E-state index in [1.807, 2.05) is 0 Å². The number of nitrogens with one attached hydrogen (secondary N) is 3. The third-order valence-electron chi connectivity index (χ3n) is 7.43. The molecule has 4 heterocycles. The molecule has 0 aromatic carbocycles. The van der Waals surface area contributed by atoms with Gasteiger partial charge in [-0.1, -0.05) is 32.3 Å². The van der Waals surface area contributed by atoms with Crippen LogP contribution in [0.15, 0.2) is 50.5 Å². The topological polar surface area (TPSA) is 167 Å². The number of aromatic amines is 1. The SMILES string of the molecule is CCCCCCNC1CCN(S(=O)(=O)c2ccc(CNC(=O)c3c(C4N=CC=CC4C(N)=O)cc[nH]c3=O)s2)CC1. The molecule has 2 aliphatic rings. The number of unbranched alkanes of at least 4 members (excludes halogenated alkanes) is 3. The number of allylic oxidation sites excluding steroid dienone is 1. The molecule has 5 N–H and O–H groups in total. The van der Waals surface area contributed by atoms with Crippen molar-refractivity contribution in [3.05, 3.63) is 62.9 Å². The fourth-order valence-electron chi connectivity index (χ4n) is 5.14. The van der Waals surface area contributed by atoms with Crippen LogP contribution in [-0.4, -0.2) is 61.4 Å². The summed E-state index contributed by atoms with van der Waals surface area (Å²) in [5.74, 6) is -2.08. The van der Waals surface area contributed by atoms with Gasteiger partial charge < -0.3 is 21.4 Å². The van der Waals surface area contributed by atoms with Crippen LogP contribution in [0.5, 0.6) is 0 Å². The molecule has 1 saturated heterocycles. The number of pyridine rings is 1. The van der Waals surface area contributed by atoms with Gasteiger partial charge in [-0.25, -0.2) is 8.42 Å². The van der Waals surface area contributed by atoms with E-state index in [-0.39, 0.29) is 21.9 Å². The van der Waals surface area contributed by atoms with E-state index in [2.05, 4.69) is 27.5 Å². The molecular weight excluding hydrogens is 564 g/mol. The van der Waals surface area contributed by atoms with Crippen LogP contribution >= 0.6 is 11.3 Å². The van der Waals surface area contributed by atoms with E-state index in [4.69, 9.17) is 5.73 Å². The van der Waals surface area contributed by atoms with Gasteiger partial charge in [0.15, 0.2) is 0 Å². The van der Waals surface area contributed by atoms with Gasteiger partial charge in [0.05, 0.1) is 18.5 Å². The first-order valence-electron chi connectivity index (χ1n) is 14.0. The molecule has 1 fully saturated rings. The number of hydrogen-bond acceptors (Lipinski definition) is 8. The van der Waals surface area contributed by atoms with Gasteiger partial charge in [-0.2, -0.15) is 4.31 Å². The Balaban J connectivity index is 1.36. The normalized spacial score (nSPS) is 19.8. The number of hydrogen-bond donors (Lipinski definition) is 4. The maximum absolute atomic E-state index is 13.3. The Bertz CT molecular complexity index is 1440. The number of nitrogens with zero attached hydrogens (tertiary/aromatic N) is 2. The van der Waals surface area contributed by atoms with Gasteiger partial charge >= 0.3 is 0 Å². The van der Waals surface area contributed by atoms with Crippen molar-refractivity contribution in [2.75, 3.05) is 19.6 Å². The van der Waals surface area contributed by atoms with E-state index in [0.29, 0.717) is 24.0 Å². The van der Waals surface area contributed by atoms with Crippen LogP contribution in [0.2, 0.25) is 0 Å². The molecule has 13 heteroatoms. The average molecular weight is 603 g/mol. The number of sulfonamides is 1. The maximum Gasteiger partial charge on any atom is 0.261 e. The van der Waals surface area contributed by atoms with E-state index < -0.39 is 39.4 Å². The van der Waals surface area contributed by atoms with Gasteiger partial charge in [-0.15, -0.1) is 11.3 Å². The van der Waals surface area contributed by atoms with Crippen LogP contribution in [0.25, 0.3) is 0 Å². The average Bonchev–Trinajstić information content (AvgIpc) is 3.46. The third-order valence-corrected chi connectivity index (χ3v) is 10.9. The van der Waals surface area contributed by atoms with E-state index in [9.17, 15) is 22.8 Å². The van der Waals surface area contributed by atoms with Crippen LogP contribution in [0, 0.1) is 5.92 Å². The smallest absolute Gasteiger partial charge is 0.261 e. The van der Waals surface area contributed by atoms with Crippen molar-refractivity contribution in [1.29, 1.82) is 0 Å². The van der Waals surface area contributed by atoms with Crippen molar-refractivity contribution in [2.24, 2.45) is 16.6 Å². The number of aromatic nitrogens is 1. The molecule has 2 aliphatic heterocycles. The zero-order chi connectivity index (χ0) is 29.4. The van der Waals surface area contributed by atoms with Crippen molar-refractivity contribution >= 4 is 39.4 Å². The Labute approximate surface area is 244 Å². The summed E-state index contributed by atoms with van der Waals surface area (Å²) < 4.78 is 28.3. The number of nitrogens with two attached hydrogens (primary N) is 1. The maximum atomic E-state index is 13.3. The highest BCUT2D eigenvalue weighted by Crippen LogP contribution is 2.31. The second kappa shape index (κ2) is 14.2. The van der Waals surface area contributed by atoms with Crippen LogP contribution < -0.4 is 21.9 Å². The summed E-state index contributed by atoms with van der Waals surface area (Å²) in [5, 5.41) is 6.27. The predicted octanol–water partition coefficient (Wildman–Crippen LogP) is 2.47. The molecule has 2 atom stereocenters. The van der Waals surface area contributed by atoms with Gasteiger partial charge in [-0.3, -0.25) is 19.4 Å². The highest BCUT2D eigenvalue weighted by atomic mass is 32.2. The standard InChI is InChI=1S/C28H38N6O5S2/c1-2-3-4-5-13-30-19-11-16-34(17-12-19)41(38,39)23-9-8-20(40-23)18-33-28(37)24-21(10-15-32-27(24)36)25-22(26(29)35)7-6-14-31-25/h6-10,14-15,19,22,25,30H,2-5,11-13,16-18H2,1H3,(H2,29,35)(H,32,36)(H,33,37). The Hall–Kier alpha value is -3.13. The molecule has 41 heavy (non-hydrogen) atoms. The Morgan fingerprint density at radius 3 is 2.68 bits per heavy atom. The first kappa shape index (κ1) is 30.8. The molecule has 0 bridgehead atoms. The fourth-order valence-corrected chi connectivity index (χ4v) is 8.06. The van der Waals surface area contributed by atoms with E-state index in [1.165, 1.54) is 42.0 Å². The van der Waals surface area contributed by atoms with Crippen molar-refractivity contribution < 1.29 is 18.0 Å². The number of H-pyrrole nitrogens is 1. The Morgan fingerprint density at radius 2 is 1.95 bits per heavy atom. The Morgan fingerprint density at radius 1 is 1.17 bits per heavy atom. The van der Waals surface area contributed by atoms with E-state index >= 15 is 0 Å². The first-order chi connectivity index (χ1) is 19.7. The summed E-state index contributed by atoms with van der Waals surface area (Å²) in [6.45, 7) is 4.11. The summed E-state index contributed by atoms with van der Waals surface area (Å²) in [7, 11) is -3.64. The summed E-state index contributed by atoms with van der Waals surface area (Å²) in [4.78, 5) is 45.2. The van der Waals surface area contributed by atoms with Gasteiger partial charge in [0.1, 0.15) is 9.77 Å². The quantitative estimate of drug-likeness (QED) is 0.257. The number of amides is 2. The van der Waals surface area contributed by atoms with Crippen LogP contribution in [0.4, 0.5) is 0 Å².